The molecule has 0 spiro atoms. The Labute approximate surface area is 146 Å². The lowest BCUT2D eigenvalue weighted by Crippen LogP contribution is -2.41. The van der Waals surface area contributed by atoms with Gasteiger partial charge >= 0.3 is 0 Å². The number of benzene rings is 1. The number of nitrogens with zero attached hydrogens (tertiary/aromatic N) is 1. The van der Waals surface area contributed by atoms with Crippen molar-refractivity contribution < 1.29 is 9.53 Å². The SMILES string of the molecule is O=C(CN1CCc2[nH]c3ccc(Cl)cc3c2C1)NCC1CCOC1. The maximum Gasteiger partial charge on any atom is 0.234 e. The van der Waals surface area contributed by atoms with E-state index in [1.807, 2.05) is 18.2 Å². The Morgan fingerprint density at radius 2 is 2.38 bits per heavy atom. The third kappa shape index (κ3) is 3.29. The number of rotatable bonds is 4. The van der Waals surface area contributed by atoms with Crippen molar-refractivity contribution in [3.63, 3.8) is 0 Å². The smallest absolute Gasteiger partial charge is 0.234 e. The molecule has 0 aliphatic carbocycles. The number of carbonyl (C=O) groups excluding carboxylic acids is 1. The quantitative estimate of drug-likeness (QED) is 0.892. The zero-order valence-corrected chi connectivity index (χ0v) is 14.4. The number of H-pyrrole nitrogens is 1. The summed E-state index contributed by atoms with van der Waals surface area (Å²) in [6.45, 7) is 4.44. The summed E-state index contributed by atoms with van der Waals surface area (Å²) in [6, 6.07) is 5.94. The lowest BCUT2D eigenvalue weighted by atomic mass is 10.0. The van der Waals surface area contributed by atoms with Gasteiger partial charge in [-0.3, -0.25) is 9.69 Å². The Morgan fingerprint density at radius 1 is 1.46 bits per heavy atom. The van der Waals surface area contributed by atoms with Crippen molar-refractivity contribution in [2.45, 2.75) is 19.4 Å². The van der Waals surface area contributed by atoms with E-state index in [0.29, 0.717) is 12.5 Å². The van der Waals surface area contributed by atoms with Gasteiger partial charge < -0.3 is 15.0 Å². The second-order valence-corrected chi connectivity index (χ2v) is 7.20. The van der Waals surface area contributed by atoms with Gasteiger partial charge in [0, 0.05) is 60.2 Å². The van der Waals surface area contributed by atoms with Crippen LogP contribution >= 0.6 is 11.6 Å². The van der Waals surface area contributed by atoms with Crippen molar-refractivity contribution >= 4 is 28.4 Å². The molecule has 1 aromatic carbocycles. The molecule has 1 atom stereocenters. The monoisotopic (exact) mass is 347 g/mol. The molecule has 2 aliphatic heterocycles. The summed E-state index contributed by atoms with van der Waals surface area (Å²) in [4.78, 5) is 17.9. The maximum absolute atomic E-state index is 12.2. The van der Waals surface area contributed by atoms with Crippen molar-refractivity contribution in [2.75, 3.05) is 32.8 Å². The van der Waals surface area contributed by atoms with Crippen molar-refractivity contribution in [3.05, 3.63) is 34.5 Å². The molecule has 0 bridgehead atoms. The van der Waals surface area contributed by atoms with E-state index >= 15 is 0 Å². The molecule has 1 unspecified atom stereocenters. The molecular weight excluding hydrogens is 326 g/mol. The molecule has 2 aromatic rings. The number of aromatic amines is 1. The Hall–Kier alpha value is -1.56. The van der Waals surface area contributed by atoms with Gasteiger partial charge in [-0.25, -0.2) is 0 Å². The molecule has 4 rings (SSSR count). The van der Waals surface area contributed by atoms with Crippen LogP contribution < -0.4 is 5.32 Å². The number of hydrogen-bond acceptors (Lipinski definition) is 3. The molecule has 1 fully saturated rings. The summed E-state index contributed by atoms with van der Waals surface area (Å²) in [5.74, 6) is 0.570. The van der Waals surface area contributed by atoms with Gasteiger partial charge in [-0.2, -0.15) is 0 Å². The molecule has 128 valence electrons. The van der Waals surface area contributed by atoms with E-state index in [4.69, 9.17) is 16.3 Å². The van der Waals surface area contributed by atoms with Crippen LogP contribution in [0.3, 0.4) is 0 Å². The van der Waals surface area contributed by atoms with E-state index in [2.05, 4.69) is 15.2 Å². The number of carbonyl (C=O) groups is 1. The van der Waals surface area contributed by atoms with E-state index < -0.39 is 0 Å². The van der Waals surface area contributed by atoms with Crippen LogP contribution in [0.15, 0.2) is 18.2 Å². The van der Waals surface area contributed by atoms with Gasteiger partial charge in [0.15, 0.2) is 0 Å². The predicted octanol–water partition coefficient (Wildman–Crippen LogP) is 2.33. The molecule has 2 aliphatic rings. The van der Waals surface area contributed by atoms with Crippen LogP contribution in [-0.2, 0) is 22.5 Å². The van der Waals surface area contributed by atoms with Gasteiger partial charge in [0.2, 0.25) is 5.91 Å². The van der Waals surface area contributed by atoms with Crippen molar-refractivity contribution in [2.24, 2.45) is 5.92 Å². The lowest BCUT2D eigenvalue weighted by Gasteiger charge is -2.26. The minimum Gasteiger partial charge on any atom is -0.381 e. The van der Waals surface area contributed by atoms with Crippen LogP contribution in [0.4, 0.5) is 0 Å². The second-order valence-electron chi connectivity index (χ2n) is 6.77. The first-order valence-electron chi connectivity index (χ1n) is 8.55. The fourth-order valence-electron chi connectivity index (χ4n) is 3.64. The summed E-state index contributed by atoms with van der Waals surface area (Å²) in [5, 5.41) is 4.97. The minimum absolute atomic E-state index is 0.100. The largest absolute Gasteiger partial charge is 0.381 e. The molecule has 6 heteroatoms. The first-order valence-corrected chi connectivity index (χ1v) is 8.92. The summed E-state index contributed by atoms with van der Waals surface area (Å²) < 4.78 is 5.34. The van der Waals surface area contributed by atoms with E-state index in [0.717, 1.165) is 56.2 Å². The van der Waals surface area contributed by atoms with Crippen LogP contribution in [-0.4, -0.2) is 48.6 Å². The van der Waals surface area contributed by atoms with Gasteiger partial charge in [0.25, 0.3) is 0 Å². The highest BCUT2D eigenvalue weighted by Gasteiger charge is 2.23. The molecule has 5 nitrogen and oxygen atoms in total. The van der Waals surface area contributed by atoms with Gasteiger partial charge in [0.1, 0.15) is 0 Å². The number of ether oxygens (including phenoxy) is 1. The molecule has 1 aromatic heterocycles. The van der Waals surface area contributed by atoms with Crippen LogP contribution in [0, 0.1) is 5.92 Å². The van der Waals surface area contributed by atoms with Gasteiger partial charge in [-0.05, 0) is 30.2 Å². The Kier molecular flexibility index (Phi) is 4.48. The molecule has 24 heavy (non-hydrogen) atoms. The first-order chi connectivity index (χ1) is 11.7. The predicted molar refractivity (Wildman–Crippen MR) is 94.2 cm³/mol. The van der Waals surface area contributed by atoms with Crippen LogP contribution in [0.5, 0.6) is 0 Å². The van der Waals surface area contributed by atoms with E-state index in [-0.39, 0.29) is 5.91 Å². The summed E-state index contributed by atoms with van der Waals surface area (Å²) in [6.07, 6.45) is 1.98. The topological polar surface area (TPSA) is 57.4 Å². The molecule has 3 heterocycles. The molecular formula is C18H22ClN3O2. The van der Waals surface area contributed by atoms with E-state index in [1.54, 1.807) is 0 Å². The maximum atomic E-state index is 12.2. The average molecular weight is 348 g/mol. The minimum atomic E-state index is 0.100. The Bertz CT molecular complexity index is 752. The van der Waals surface area contributed by atoms with Gasteiger partial charge in [0.05, 0.1) is 13.2 Å². The Morgan fingerprint density at radius 3 is 3.21 bits per heavy atom. The lowest BCUT2D eigenvalue weighted by molar-refractivity contribution is -0.122. The standard InChI is InChI=1S/C18H22ClN3O2/c19-13-1-2-16-14(7-13)15-9-22(5-3-17(15)21-16)10-18(23)20-8-12-4-6-24-11-12/h1-2,7,12,21H,3-6,8-11H2,(H,20,23). The highest BCUT2D eigenvalue weighted by atomic mass is 35.5. The van der Waals surface area contributed by atoms with Crippen molar-refractivity contribution in [1.29, 1.82) is 0 Å². The highest BCUT2D eigenvalue weighted by molar-refractivity contribution is 6.31. The number of aromatic nitrogens is 1. The van der Waals surface area contributed by atoms with Crippen molar-refractivity contribution in [3.8, 4) is 0 Å². The normalized spacial score (nSPS) is 21.1. The summed E-state index contributed by atoms with van der Waals surface area (Å²) >= 11 is 6.14. The van der Waals surface area contributed by atoms with E-state index in [9.17, 15) is 4.79 Å². The zero-order valence-electron chi connectivity index (χ0n) is 13.6. The molecule has 2 N–H and O–H groups in total. The first kappa shape index (κ1) is 15.9. The fourth-order valence-corrected chi connectivity index (χ4v) is 3.81. The average Bonchev–Trinajstić information content (AvgIpc) is 3.20. The number of fused-ring (bicyclic) bond motifs is 3. The number of hydrogen-bond donors (Lipinski definition) is 2. The summed E-state index contributed by atoms with van der Waals surface area (Å²) in [7, 11) is 0. The second kappa shape index (κ2) is 6.75. The number of nitrogens with one attached hydrogen (secondary N) is 2. The fraction of sp³-hybridized carbons (Fsp3) is 0.500. The van der Waals surface area contributed by atoms with Gasteiger partial charge in [-0.15, -0.1) is 0 Å². The van der Waals surface area contributed by atoms with Crippen LogP contribution in [0.1, 0.15) is 17.7 Å². The summed E-state index contributed by atoms with van der Waals surface area (Å²) in [5.41, 5.74) is 3.67. The zero-order chi connectivity index (χ0) is 16.5. The van der Waals surface area contributed by atoms with Crippen LogP contribution in [0.2, 0.25) is 5.02 Å². The van der Waals surface area contributed by atoms with E-state index in [1.165, 1.54) is 16.6 Å². The number of amides is 1. The van der Waals surface area contributed by atoms with Crippen molar-refractivity contribution in [1.82, 2.24) is 15.2 Å². The Balaban J connectivity index is 1.39. The molecule has 0 radical (unpaired) electrons. The third-order valence-electron chi connectivity index (χ3n) is 5.00. The highest BCUT2D eigenvalue weighted by Crippen LogP contribution is 2.29. The van der Waals surface area contributed by atoms with Gasteiger partial charge in [-0.1, -0.05) is 11.6 Å². The third-order valence-corrected chi connectivity index (χ3v) is 5.23. The molecule has 1 amide bonds. The molecule has 1 saturated heterocycles. The molecule has 0 saturated carbocycles. The number of halogens is 1. The van der Waals surface area contributed by atoms with Crippen LogP contribution in [0.25, 0.3) is 10.9 Å².